The summed E-state index contributed by atoms with van der Waals surface area (Å²) in [4.78, 5) is 24.4. The molecule has 1 aliphatic rings. The molecule has 0 saturated heterocycles. The Bertz CT molecular complexity index is 495. The van der Waals surface area contributed by atoms with Crippen molar-refractivity contribution in [1.82, 2.24) is 5.32 Å². The maximum atomic E-state index is 12.3. The van der Waals surface area contributed by atoms with E-state index in [0.717, 1.165) is 18.4 Å². The minimum absolute atomic E-state index is 0. The van der Waals surface area contributed by atoms with Crippen LogP contribution in [-0.2, 0) is 14.3 Å². The van der Waals surface area contributed by atoms with Gasteiger partial charge in [0, 0.05) is 12.0 Å². The van der Waals surface area contributed by atoms with Crippen LogP contribution in [0.2, 0.25) is 0 Å². The highest BCUT2D eigenvalue weighted by Gasteiger charge is 2.31. The second kappa shape index (κ2) is 8.76. The highest BCUT2D eigenvalue weighted by Crippen LogP contribution is 2.25. The van der Waals surface area contributed by atoms with Crippen molar-refractivity contribution in [3.8, 4) is 0 Å². The molecule has 0 radical (unpaired) electrons. The number of rotatable bonds is 5. The van der Waals surface area contributed by atoms with E-state index in [1.807, 2.05) is 30.3 Å². The molecule has 6 heteroatoms. The Labute approximate surface area is 137 Å². The maximum absolute atomic E-state index is 12.3. The molecule has 0 heterocycles. The lowest BCUT2D eigenvalue weighted by Gasteiger charge is -2.20. The van der Waals surface area contributed by atoms with Crippen LogP contribution in [0.3, 0.4) is 0 Å². The van der Waals surface area contributed by atoms with E-state index in [9.17, 15) is 9.59 Å². The lowest BCUT2D eigenvalue weighted by Crippen LogP contribution is -2.38. The number of halogens is 1. The zero-order valence-electron chi connectivity index (χ0n) is 12.7. The number of carbonyl (C=O) groups excluding carboxylic acids is 2. The number of amides is 1. The standard InChI is InChI=1S/C16H22N2O3.ClH/c1-2-21-16(20)14(11-6-4-3-5-7-11)18-15(19)12-8-9-13(17)10-12;/h3-7,12-14H,2,8-10,17H2,1H3,(H,18,19);1H/t12?,13?,14-;/m1./s1. The number of ether oxygens (including phenoxy) is 1. The Balaban J connectivity index is 0.00000242. The summed E-state index contributed by atoms with van der Waals surface area (Å²) in [6.07, 6.45) is 2.31. The third kappa shape index (κ3) is 4.71. The second-order valence-corrected chi connectivity index (χ2v) is 5.37. The van der Waals surface area contributed by atoms with Gasteiger partial charge in [-0.25, -0.2) is 4.79 Å². The predicted octanol–water partition coefficient (Wildman–Crippen LogP) is 1.96. The van der Waals surface area contributed by atoms with Gasteiger partial charge in [-0.3, -0.25) is 4.79 Å². The number of hydrogen-bond acceptors (Lipinski definition) is 4. The normalized spacial score (nSPS) is 21.5. The summed E-state index contributed by atoms with van der Waals surface area (Å²) in [5, 5.41) is 2.81. The molecular formula is C16H23ClN2O3. The van der Waals surface area contributed by atoms with Gasteiger partial charge >= 0.3 is 5.97 Å². The van der Waals surface area contributed by atoms with Crippen LogP contribution in [0, 0.1) is 5.92 Å². The third-order valence-electron chi connectivity index (χ3n) is 3.79. The summed E-state index contributed by atoms with van der Waals surface area (Å²) < 4.78 is 5.06. The largest absolute Gasteiger partial charge is 0.464 e. The van der Waals surface area contributed by atoms with Gasteiger partial charge in [-0.15, -0.1) is 12.4 Å². The minimum atomic E-state index is -0.754. The van der Waals surface area contributed by atoms with E-state index in [-0.39, 0.29) is 36.9 Å². The SMILES string of the molecule is CCOC(=O)[C@H](NC(=O)C1CCC(N)C1)c1ccccc1.Cl. The topological polar surface area (TPSA) is 81.4 Å². The van der Waals surface area contributed by atoms with Crippen molar-refractivity contribution in [1.29, 1.82) is 0 Å². The predicted molar refractivity (Wildman–Crippen MR) is 86.5 cm³/mol. The molecule has 2 rings (SSSR count). The van der Waals surface area contributed by atoms with Crippen LogP contribution in [0.4, 0.5) is 0 Å². The number of hydrogen-bond donors (Lipinski definition) is 2. The monoisotopic (exact) mass is 326 g/mol. The van der Waals surface area contributed by atoms with Crippen molar-refractivity contribution in [2.45, 2.75) is 38.3 Å². The van der Waals surface area contributed by atoms with E-state index >= 15 is 0 Å². The molecule has 3 atom stereocenters. The molecular weight excluding hydrogens is 304 g/mol. The van der Waals surface area contributed by atoms with E-state index < -0.39 is 12.0 Å². The van der Waals surface area contributed by atoms with Gasteiger partial charge in [-0.2, -0.15) is 0 Å². The lowest BCUT2D eigenvalue weighted by atomic mass is 10.0. The van der Waals surface area contributed by atoms with Gasteiger partial charge in [0.15, 0.2) is 6.04 Å². The van der Waals surface area contributed by atoms with E-state index in [2.05, 4.69) is 5.32 Å². The smallest absolute Gasteiger partial charge is 0.333 e. The number of nitrogens with two attached hydrogens (primary N) is 1. The first-order valence-electron chi connectivity index (χ1n) is 7.39. The maximum Gasteiger partial charge on any atom is 0.333 e. The van der Waals surface area contributed by atoms with Crippen molar-refractivity contribution >= 4 is 24.3 Å². The van der Waals surface area contributed by atoms with Gasteiger partial charge < -0.3 is 15.8 Å². The first-order valence-corrected chi connectivity index (χ1v) is 7.39. The van der Waals surface area contributed by atoms with E-state index in [1.165, 1.54) is 0 Å². The first kappa shape index (κ1) is 18.5. The van der Waals surface area contributed by atoms with Gasteiger partial charge in [-0.05, 0) is 31.7 Å². The average Bonchev–Trinajstić information content (AvgIpc) is 2.92. The van der Waals surface area contributed by atoms with Crippen molar-refractivity contribution in [3.05, 3.63) is 35.9 Å². The molecule has 1 aromatic carbocycles. The average molecular weight is 327 g/mol. The van der Waals surface area contributed by atoms with Crippen LogP contribution < -0.4 is 11.1 Å². The molecule has 1 aromatic rings. The van der Waals surface area contributed by atoms with Gasteiger partial charge in [0.25, 0.3) is 0 Å². The molecule has 122 valence electrons. The van der Waals surface area contributed by atoms with Crippen molar-refractivity contribution < 1.29 is 14.3 Å². The summed E-state index contributed by atoms with van der Waals surface area (Å²) in [5.74, 6) is -0.662. The molecule has 0 aliphatic heterocycles. The zero-order chi connectivity index (χ0) is 15.2. The molecule has 0 aromatic heterocycles. The third-order valence-corrected chi connectivity index (χ3v) is 3.79. The molecule has 2 unspecified atom stereocenters. The van der Waals surface area contributed by atoms with Gasteiger partial charge in [0.05, 0.1) is 6.61 Å². The Morgan fingerprint density at radius 1 is 1.32 bits per heavy atom. The Morgan fingerprint density at radius 3 is 2.55 bits per heavy atom. The van der Waals surface area contributed by atoms with E-state index in [0.29, 0.717) is 6.42 Å². The molecule has 1 fully saturated rings. The Hall–Kier alpha value is -1.59. The second-order valence-electron chi connectivity index (χ2n) is 5.37. The zero-order valence-corrected chi connectivity index (χ0v) is 13.5. The minimum Gasteiger partial charge on any atom is -0.464 e. The first-order chi connectivity index (χ1) is 10.1. The molecule has 1 aliphatic carbocycles. The number of esters is 1. The van der Waals surface area contributed by atoms with Crippen LogP contribution in [0.15, 0.2) is 30.3 Å². The molecule has 1 saturated carbocycles. The van der Waals surface area contributed by atoms with Crippen LogP contribution in [-0.4, -0.2) is 24.5 Å². The number of nitrogens with one attached hydrogen (secondary N) is 1. The Morgan fingerprint density at radius 2 is 2.00 bits per heavy atom. The summed E-state index contributed by atoms with van der Waals surface area (Å²) in [5.41, 5.74) is 6.57. The van der Waals surface area contributed by atoms with E-state index in [4.69, 9.17) is 10.5 Å². The molecule has 22 heavy (non-hydrogen) atoms. The summed E-state index contributed by atoms with van der Waals surface area (Å²) in [7, 11) is 0. The van der Waals surface area contributed by atoms with Gasteiger partial charge in [0.1, 0.15) is 0 Å². The van der Waals surface area contributed by atoms with Crippen molar-refractivity contribution in [3.63, 3.8) is 0 Å². The fourth-order valence-corrected chi connectivity index (χ4v) is 2.66. The van der Waals surface area contributed by atoms with Gasteiger partial charge in [0.2, 0.25) is 5.91 Å². The van der Waals surface area contributed by atoms with Crippen LogP contribution in [0.1, 0.15) is 37.8 Å². The van der Waals surface area contributed by atoms with Crippen LogP contribution in [0.5, 0.6) is 0 Å². The van der Waals surface area contributed by atoms with Gasteiger partial charge in [-0.1, -0.05) is 30.3 Å². The quantitative estimate of drug-likeness (QED) is 0.810. The highest BCUT2D eigenvalue weighted by atomic mass is 35.5. The molecule has 3 N–H and O–H groups in total. The van der Waals surface area contributed by atoms with Crippen LogP contribution >= 0.6 is 12.4 Å². The molecule has 0 spiro atoms. The lowest BCUT2D eigenvalue weighted by molar-refractivity contribution is -0.148. The van der Waals surface area contributed by atoms with Crippen molar-refractivity contribution in [2.24, 2.45) is 11.7 Å². The fraction of sp³-hybridized carbons (Fsp3) is 0.500. The van der Waals surface area contributed by atoms with E-state index in [1.54, 1.807) is 6.92 Å². The van der Waals surface area contributed by atoms with Crippen molar-refractivity contribution in [2.75, 3.05) is 6.61 Å². The fourth-order valence-electron chi connectivity index (χ4n) is 2.66. The number of benzene rings is 1. The number of carbonyl (C=O) groups is 2. The summed E-state index contributed by atoms with van der Waals surface area (Å²) >= 11 is 0. The molecule has 0 bridgehead atoms. The Kier molecular flexibility index (Phi) is 7.35. The molecule has 5 nitrogen and oxygen atoms in total. The summed E-state index contributed by atoms with van der Waals surface area (Å²) in [6.45, 7) is 2.03. The molecule has 1 amide bonds. The van der Waals surface area contributed by atoms with Crippen LogP contribution in [0.25, 0.3) is 0 Å². The highest BCUT2D eigenvalue weighted by molar-refractivity contribution is 5.86. The summed E-state index contributed by atoms with van der Waals surface area (Å²) in [6, 6.07) is 8.47.